The summed E-state index contributed by atoms with van der Waals surface area (Å²) >= 11 is 0. The summed E-state index contributed by atoms with van der Waals surface area (Å²) in [5.74, 6) is 0.358. The van der Waals surface area contributed by atoms with Gasteiger partial charge in [0, 0.05) is 38.4 Å². The van der Waals surface area contributed by atoms with E-state index in [2.05, 4.69) is 15.1 Å². The van der Waals surface area contributed by atoms with Crippen LogP contribution < -0.4 is 10.0 Å². The largest absolute Gasteiger partial charge is 0.318 e. The van der Waals surface area contributed by atoms with Gasteiger partial charge in [0.2, 0.25) is 0 Å². The fourth-order valence-electron chi connectivity index (χ4n) is 2.39. The Kier molecular flexibility index (Phi) is 4.43. The van der Waals surface area contributed by atoms with Crippen molar-refractivity contribution >= 4 is 16.0 Å². The number of hydrogen-bond donors (Lipinski definition) is 2. The van der Waals surface area contributed by atoms with Crippen molar-refractivity contribution in [2.24, 2.45) is 7.05 Å². The van der Waals surface area contributed by atoms with Crippen LogP contribution in [0.15, 0.2) is 12.3 Å². The molecule has 0 spiro atoms. The monoisotopic (exact) mass is 287 g/mol. The highest BCUT2D eigenvalue weighted by molar-refractivity contribution is 7.90. The first-order chi connectivity index (χ1) is 9.03. The molecule has 0 amide bonds. The summed E-state index contributed by atoms with van der Waals surface area (Å²) in [5.41, 5.74) is 0. The van der Waals surface area contributed by atoms with E-state index >= 15 is 0 Å². The number of aryl methyl sites for hydroxylation is 1. The van der Waals surface area contributed by atoms with Gasteiger partial charge in [0.15, 0.2) is 5.82 Å². The van der Waals surface area contributed by atoms with Crippen molar-refractivity contribution in [3.8, 4) is 0 Å². The fourth-order valence-corrected chi connectivity index (χ4v) is 3.82. The Morgan fingerprint density at radius 3 is 2.89 bits per heavy atom. The number of nitrogens with one attached hydrogen (secondary N) is 2. The molecule has 2 rings (SSSR count). The minimum atomic E-state index is -3.53. The summed E-state index contributed by atoms with van der Waals surface area (Å²) in [4.78, 5) is 0. The van der Waals surface area contributed by atoms with Crippen LogP contribution >= 0.6 is 0 Å². The Bertz CT molecular complexity index is 511. The first kappa shape index (κ1) is 14.3. The molecule has 0 aliphatic carbocycles. The van der Waals surface area contributed by atoms with Gasteiger partial charge in [-0.3, -0.25) is 9.40 Å². The van der Waals surface area contributed by atoms with Crippen LogP contribution in [-0.4, -0.2) is 48.7 Å². The van der Waals surface area contributed by atoms with Gasteiger partial charge in [0.25, 0.3) is 0 Å². The third-order valence-electron chi connectivity index (χ3n) is 3.27. The van der Waals surface area contributed by atoms with Gasteiger partial charge in [-0.25, -0.2) is 0 Å². The molecule has 1 unspecified atom stereocenters. The van der Waals surface area contributed by atoms with E-state index in [0.717, 1.165) is 19.3 Å². The van der Waals surface area contributed by atoms with Gasteiger partial charge in [-0.2, -0.15) is 17.8 Å². The zero-order valence-corrected chi connectivity index (χ0v) is 12.2. The molecule has 1 aromatic rings. The number of hydrogen-bond acceptors (Lipinski definition) is 4. The predicted molar refractivity (Wildman–Crippen MR) is 74.0 cm³/mol. The summed E-state index contributed by atoms with van der Waals surface area (Å²) in [6, 6.07) is 1.66. The molecule has 1 aliphatic heterocycles. The van der Waals surface area contributed by atoms with Crippen LogP contribution in [0.1, 0.15) is 19.3 Å². The molecule has 0 bridgehead atoms. The Balaban J connectivity index is 2.12. The molecule has 0 radical (unpaired) electrons. The molecule has 8 heteroatoms. The fraction of sp³-hybridized carbons (Fsp3) is 0.727. The summed E-state index contributed by atoms with van der Waals surface area (Å²) in [5, 5.41) is 7.10. The SMILES string of the molecule is CNCC1CCCCN1S(=O)(=O)Nc1ccn(C)n1. The van der Waals surface area contributed by atoms with Crippen LogP contribution in [0, 0.1) is 0 Å². The maximum Gasteiger partial charge on any atom is 0.303 e. The highest BCUT2D eigenvalue weighted by Crippen LogP contribution is 2.21. The number of nitrogens with zero attached hydrogens (tertiary/aromatic N) is 3. The van der Waals surface area contributed by atoms with Crippen LogP contribution in [-0.2, 0) is 17.3 Å². The number of aromatic nitrogens is 2. The van der Waals surface area contributed by atoms with Gasteiger partial charge >= 0.3 is 10.2 Å². The van der Waals surface area contributed by atoms with Gasteiger partial charge in [0.05, 0.1) is 0 Å². The first-order valence-corrected chi connectivity index (χ1v) is 7.91. The average Bonchev–Trinajstić information content (AvgIpc) is 2.75. The van der Waals surface area contributed by atoms with E-state index in [1.54, 1.807) is 28.3 Å². The molecule has 108 valence electrons. The van der Waals surface area contributed by atoms with Crippen LogP contribution in [0.25, 0.3) is 0 Å². The summed E-state index contributed by atoms with van der Waals surface area (Å²) < 4.78 is 30.4. The number of rotatable bonds is 5. The number of piperidine rings is 1. The number of likely N-dealkylation sites (N-methyl/N-ethyl adjacent to an activating group) is 1. The van der Waals surface area contributed by atoms with Crippen LogP contribution in [0.2, 0.25) is 0 Å². The lowest BCUT2D eigenvalue weighted by atomic mass is 10.1. The molecule has 2 N–H and O–H groups in total. The molecule has 0 aromatic carbocycles. The predicted octanol–water partition coefficient (Wildman–Crippen LogP) is 0.151. The van der Waals surface area contributed by atoms with E-state index in [0.29, 0.717) is 18.9 Å². The van der Waals surface area contributed by atoms with Gasteiger partial charge in [-0.15, -0.1) is 0 Å². The van der Waals surface area contributed by atoms with Crippen molar-refractivity contribution in [1.29, 1.82) is 0 Å². The van der Waals surface area contributed by atoms with E-state index < -0.39 is 10.2 Å². The molecule has 1 saturated heterocycles. The maximum atomic E-state index is 12.4. The lowest BCUT2D eigenvalue weighted by molar-refractivity contribution is 0.250. The molecule has 1 aromatic heterocycles. The van der Waals surface area contributed by atoms with Crippen molar-refractivity contribution in [1.82, 2.24) is 19.4 Å². The lowest BCUT2D eigenvalue weighted by Crippen LogP contribution is -2.49. The van der Waals surface area contributed by atoms with Gasteiger partial charge in [-0.1, -0.05) is 6.42 Å². The summed E-state index contributed by atoms with van der Waals surface area (Å²) in [6.45, 7) is 1.23. The highest BCUT2D eigenvalue weighted by atomic mass is 32.2. The zero-order valence-electron chi connectivity index (χ0n) is 11.3. The van der Waals surface area contributed by atoms with Crippen LogP contribution in [0.3, 0.4) is 0 Å². The Morgan fingerprint density at radius 1 is 1.47 bits per heavy atom. The van der Waals surface area contributed by atoms with Gasteiger partial charge in [0.1, 0.15) is 0 Å². The second kappa shape index (κ2) is 5.89. The smallest absolute Gasteiger partial charge is 0.303 e. The summed E-state index contributed by atoms with van der Waals surface area (Å²) in [7, 11) is 0.0644. The molecule has 1 fully saturated rings. The molecule has 19 heavy (non-hydrogen) atoms. The van der Waals surface area contributed by atoms with Gasteiger partial charge in [-0.05, 0) is 19.9 Å². The van der Waals surface area contributed by atoms with Crippen molar-refractivity contribution in [2.75, 3.05) is 24.9 Å². The van der Waals surface area contributed by atoms with E-state index in [9.17, 15) is 8.42 Å². The standard InChI is InChI=1S/C11H21N5O2S/c1-12-9-10-5-3-4-7-16(10)19(17,18)14-11-6-8-15(2)13-11/h6,8,10,12H,3-5,7,9H2,1-2H3,(H,13,14). The van der Waals surface area contributed by atoms with E-state index in [4.69, 9.17) is 0 Å². The zero-order chi connectivity index (χ0) is 13.9. The van der Waals surface area contributed by atoms with Crippen molar-refractivity contribution < 1.29 is 8.42 Å². The second-order valence-corrected chi connectivity index (χ2v) is 6.42. The first-order valence-electron chi connectivity index (χ1n) is 6.47. The summed E-state index contributed by atoms with van der Waals surface area (Å²) in [6.07, 6.45) is 4.58. The van der Waals surface area contributed by atoms with Crippen molar-refractivity contribution in [3.63, 3.8) is 0 Å². The minimum absolute atomic E-state index is 0.0139. The Labute approximate surface area is 114 Å². The van der Waals surface area contributed by atoms with E-state index in [1.165, 1.54) is 0 Å². The average molecular weight is 287 g/mol. The minimum Gasteiger partial charge on any atom is -0.318 e. The third kappa shape index (κ3) is 3.46. The third-order valence-corrected chi connectivity index (χ3v) is 4.83. The van der Waals surface area contributed by atoms with E-state index in [-0.39, 0.29) is 6.04 Å². The highest BCUT2D eigenvalue weighted by Gasteiger charge is 2.32. The topological polar surface area (TPSA) is 79.3 Å². The van der Waals surface area contributed by atoms with Crippen LogP contribution in [0.4, 0.5) is 5.82 Å². The molecular formula is C11H21N5O2S. The van der Waals surface area contributed by atoms with Crippen molar-refractivity contribution in [3.05, 3.63) is 12.3 Å². The molecule has 7 nitrogen and oxygen atoms in total. The number of anilines is 1. The van der Waals surface area contributed by atoms with E-state index in [1.807, 2.05) is 7.05 Å². The molecule has 1 atom stereocenters. The second-order valence-electron chi connectivity index (χ2n) is 4.80. The molecule has 2 heterocycles. The quantitative estimate of drug-likeness (QED) is 0.808. The molecule has 1 aliphatic rings. The normalized spacial score (nSPS) is 21.5. The maximum absolute atomic E-state index is 12.4. The molecule has 0 saturated carbocycles. The van der Waals surface area contributed by atoms with Gasteiger partial charge < -0.3 is 5.32 Å². The Morgan fingerprint density at radius 2 is 2.26 bits per heavy atom. The molecular weight excluding hydrogens is 266 g/mol. The Hall–Kier alpha value is -1.12. The lowest BCUT2D eigenvalue weighted by Gasteiger charge is -2.34. The van der Waals surface area contributed by atoms with Crippen LogP contribution in [0.5, 0.6) is 0 Å². The van der Waals surface area contributed by atoms with Crippen molar-refractivity contribution in [2.45, 2.75) is 25.3 Å².